The highest BCUT2D eigenvalue weighted by Gasteiger charge is 2.30. The molecule has 1 heterocycles. The van der Waals surface area contributed by atoms with Gasteiger partial charge in [0.05, 0.1) is 24.8 Å². The van der Waals surface area contributed by atoms with Crippen LogP contribution in [0.3, 0.4) is 0 Å². The standard InChI is InChI=1S/C35H37N5O12/c1-50-23-9-4-19(5-10-23)15-25(33(47)48)39-32(46)30-20(7-13-27(41)40(17-28(42)43)18-29(44)45)6-12-26-31(30)51-14-2-3-21-16-22(38-35(36)37)8-11-24(21)34(49)52-26/h4-6,8-12,16,25H,2-3,7,13-15,17-18H2,1H3,(H,39,46)(H,42,43)(H,44,45)(H,47,48)(H4,36,37,38)/t25-/m0/s1. The van der Waals surface area contributed by atoms with E-state index in [1.165, 1.54) is 31.4 Å². The summed E-state index contributed by atoms with van der Waals surface area (Å²) in [6.07, 6.45) is -0.138. The molecule has 0 unspecified atom stereocenters. The minimum atomic E-state index is -1.44. The number of rotatable bonds is 14. The van der Waals surface area contributed by atoms with Gasteiger partial charge in [-0.05, 0) is 72.4 Å². The number of carboxylic acids is 3. The number of esters is 1. The summed E-state index contributed by atoms with van der Waals surface area (Å²) < 4.78 is 16.9. The topological polar surface area (TPSA) is 268 Å². The Hall–Kier alpha value is -6.65. The van der Waals surface area contributed by atoms with Gasteiger partial charge in [0.25, 0.3) is 5.91 Å². The largest absolute Gasteiger partial charge is 0.497 e. The summed E-state index contributed by atoms with van der Waals surface area (Å²) in [4.78, 5) is 76.1. The zero-order valence-corrected chi connectivity index (χ0v) is 28.0. The first-order valence-corrected chi connectivity index (χ1v) is 15.9. The zero-order valence-electron chi connectivity index (χ0n) is 28.0. The van der Waals surface area contributed by atoms with Crippen LogP contribution in [0.5, 0.6) is 17.2 Å². The SMILES string of the molecule is COc1ccc(C[C@H](NC(=O)c2c(CCC(=O)N(CC(=O)O)CC(=O)O)ccc3c2OCCCc2cc(NC(=N)N)ccc2C(=O)O3)C(=O)O)cc1. The molecule has 0 radical (unpaired) electrons. The number of hydrogen-bond donors (Lipinski definition) is 7. The second kappa shape index (κ2) is 17.3. The number of hydrogen-bond acceptors (Lipinski definition) is 10. The smallest absolute Gasteiger partial charge is 0.343 e. The van der Waals surface area contributed by atoms with Crippen LogP contribution >= 0.6 is 0 Å². The average Bonchev–Trinajstić information content (AvgIpc) is 3.08. The molecule has 0 saturated carbocycles. The third kappa shape index (κ3) is 10.2. The highest BCUT2D eigenvalue weighted by atomic mass is 16.6. The minimum absolute atomic E-state index is 0.00374. The molecule has 0 fully saturated rings. The number of nitrogens with one attached hydrogen (secondary N) is 3. The van der Waals surface area contributed by atoms with Crippen molar-refractivity contribution in [3.63, 3.8) is 0 Å². The molecule has 52 heavy (non-hydrogen) atoms. The number of benzene rings is 3. The van der Waals surface area contributed by atoms with E-state index in [1.807, 2.05) is 0 Å². The van der Waals surface area contributed by atoms with Crippen molar-refractivity contribution >= 4 is 47.3 Å². The van der Waals surface area contributed by atoms with Crippen molar-refractivity contribution in [1.82, 2.24) is 10.2 Å². The molecule has 3 aromatic rings. The van der Waals surface area contributed by atoms with Crippen molar-refractivity contribution in [3.05, 3.63) is 82.4 Å². The van der Waals surface area contributed by atoms with Crippen LogP contribution in [-0.2, 0) is 38.4 Å². The van der Waals surface area contributed by atoms with Gasteiger partial charge in [-0.25, -0.2) is 9.59 Å². The van der Waals surface area contributed by atoms with E-state index in [0.717, 1.165) is 0 Å². The molecule has 1 aliphatic heterocycles. The predicted molar refractivity (Wildman–Crippen MR) is 183 cm³/mol. The van der Waals surface area contributed by atoms with Crippen LogP contribution in [0.1, 0.15) is 50.2 Å². The number of fused-ring (bicyclic) bond motifs is 2. The maximum absolute atomic E-state index is 14.1. The molecule has 8 N–H and O–H groups in total. The van der Waals surface area contributed by atoms with Gasteiger partial charge < -0.3 is 50.8 Å². The number of nitrogens with zero attached hydrogens (tertiary/aromatic N) is 1. The second-order valence-electron chi connectivity index (χ2n) is 11.6. The summed E-state index contributed by atoms with van der Waals surface area (Å²) >= 11 is 0. The number of carbonyl (C=O) groups excluding carboxylic acids is 3. The molecule has 0 bridgehead atoms. The highest BCUT2D eigenvalue weighted by Crippen LogP contribution is 2.37. The number of aryl methyl sites for hydroxylation is 2. The quantitative estimate of drug-likeness (QED) is 0.0543. The minimum Gasteiger partial charge on any atom is -0.497 e. The van der Waals surface area contributed by atoms with Crippen molar-refractivity contribution in [2.75, 3.05) is 32.1 Å². The van der Waals surface area contributed by atoms with Crippen molar-refractivity contribution in [3.8, 4) is 17.2 Å². The number of methoxy groups -OCH3 is 1. The molecule has 0 spiro atoms. The molecular formula is C35H37N5O12. The van der Waals surface area contributed by atoms with Crippen LogP contribution in [0.2, 0.25) is 0 Å². The first-order valence-electron chi connectivity index (χ1n) is 15.9. The number of carboxylic acid groups (broad SMARTS) is 3. The summed E-state index contributed by atoms with van der Waals surface area (Å²) in [5, 5.41) is 41.1. The van der Waals surface area contributed by atoms with Crippen LogP contribution in [-0.4, -0.2) is 94.7 Å². The lowest BCUT2D eigenvalue weighted by Crippen LogP contribution is -2.43. The van der Waals surface area contributed by atoms with Crippen molar-refractivity contribution in [2.24, 2.45) is 5.73 Å². The van der Waals surface area contributed by atoms with Crippen molar-refractivity contribution in [1.29, 1.82) is 5.41 Å². The van der Waals surface area contributed by atoms with E-state index in [4.69, 9.17) is 25.4 Å². The average molecular weight is 720 g/mol. The Kier molecular flexibility index (Phi) is 12.7. The third-order valence-electron chi connectivity index (χ3n) is 7.89. The third-order valence-corrected chi connectivity index (χ3v) is 7.89. The predicted octanol–water partition coefficient (Wildman–Crippen LogP) is 1.90. The molecule has 1 aliphatic rings. The molecule has 3 aromatic carbocycles. The number of ether oxygens (including phenoxy) is 3. The van der Waals surface area contributed by atoms with Gasteiger partial charge >= 0.3 is 23.9 Å². The van der Waals surface area contributed by atoms with Gasteiger partial charge in [0.1, 0.15) is 24.9 Å². The fourth-order valence-corrected chi connectivity index (χ4v) is 5.50. The first-order chi connectivity index (χ1) is 24.7. The van der Waals surface area contributed by atoms with Gasteiger partial charge in [-0.3, -0.25) is 24.6 Å². The van der Waals surface area contributed by atoms with Crippen LogP contribution in [0.15, 0.2) is 54.6 Å². The van der Waals surface area contributed by atoms with Crippen LogP contribution in [0, 0.1) is 5.41 Å². The Bertz CT molecular complexity index is 1860. The summed E-state index contributed by atoms with van der Waals surface area (Å²) in [5.74, 6) is -6.90. The monoisotopic (exact) mass is 719 g/mol. The Morgan fingerprint density at radius 3 is 2.31 bits per heavy atom. The molecule has 0 aromatic heterocycles. The van der Waals surface area contributed by atoms with Gasteiger partial charge in [-0.1, -0.05) is 18.2 Å². The van der Waals surface area contributed by atoms with Crippen molar-refractivity contribution < 1.29 is 58.3 Å². The van der Waals surface area contributed by atoms with E-state index in [9.17, 15) is 44.1 Å². The fraction of sp³-hybridized carbons (Fsp3) is 0.286. The van der Waals surface area contributed by atoms with Gasteiger partial charge in [-0.2, -0.15) is 0 Å². The molecule has 4 rings (SSSR count). The van der Waals surface area contributed by atoms with E-state index in [2.05, 4.69) is 10.6 Å². The number of amides is 2. The normalized spacial score (nSPS) is 12.8. The highest BCUT2D eigenvalue weighted by molar-refractivity contribution is 6.02. The Morgan fingerprint density at radius 2 is 1.69 bits per heavy atom. The fourth-order valence-electron chi connectivity index (χ4n) is 5.50. The molecule has 17 heteroatoms. The molecule has 0 aliphatic carbocycles. The van der Waals surface area contributed by atoms with Gasteiger partial charge in [0, 0.05) is 18.5 Å². The number of anilines is 1. The summed E-state index contributed by atoms with van der Waals surface area (Å²) in [5.41, 5.74) is 7.18. The van der Waals surface area contributed by atoms with Crippen LogP contribution < -0.4 is 30.6 Å². The van der Waals surface area contributed by atoms with Gasteiger partial charge in [0.2, 0.25) is 5.91 Å². The Balaban J connectivity index is 1.72. The first kappa shape index (κ1) is 38.2. The Labute approximate surface area is 296 Å². The number of guanidine groups is 1. The van der Waals surface area contributed by atoms with Crippen LogP contribution in [0.25, 0.3) is 0 Å². The molecule has 1 atom stereocenters. The molecule has 17 nitrogen and oxygen atoms in total. The maximum Gasteiger partial charge on any atom is 0.343 e. The number of nitrogens with two attached hydrogens (primary N) is 1. The van der Waals surface area contributed by atoms with E-state index < -0.39 is 61.2 Å². The summed E-state index contributed by atoms with van der Waals surface area (Å²) in [6.45, 7) is -1.75. The summed E-state index contributed by atoms with van der Waals surface area (Å²) in [6, 6.07) is 12.5. The van der Waals surface area contributed by atoms with Gasteiger partial charge in [-0.15, -0.1) is 0 Å². The van der Waals surface area contributed by atoms with Crippen LogP contribution in [0.4, 0.5) is 5.69 Å². The lowest BCUT2D eigenvalue weighted by Gasteiger charge is -2.23. The van der Waals surface area contributed by atoms with E-state index in [0.29, 0.717) is 40.3 Å². The number of carbonyl (C=O) groups is 6. The molecule has 2 amide bonds. The van der Waals surface area contributed by atoms with E-state index in [-0.39, 0.29) is 53.6 Å². The molecule has 274 valence electrons. The molecular weight excluding hydrogens is 682 g/mol. The maximum atomic E-state index is 14.1. The lowest BCUT2D eigenvalue weighted by molar-refractivity contribution is -0.149. The van der Waals surface area contributed by atoms with Crippen molar-refractivity contribution in [2.45, 2.75) is 38.1 Å². The second-order valence-corrected chi connectivity index (χ2v) is 11.6. The van der Waals surface area contributed by atoms with Gasteiger partial charge in [0.15, 0.2) is 17.5 Å². The number of aliphatic carboxylic acids is 3. The summed E-state index contributed by atoms with van der Waals surface area (Å²) in [7, 11) is 1.48. The lowest BCUT2D eigenvalue weighted by atomic mass is 9.98. The van der Waals surface area contributed by atoms with E-state index in [1.54, 1.807) is 30.3 Å². The molecule has 0 saturated heterocycles. The zero-order chi connectivity index (χ0) is 37.9. The Morgan fingerprint density at radius 1 is 1.00 bits per heavy atom. The van der Waals surface area contributed by atoms with E-state index >= 15 is 0 Å².